The molecule has 0 aliphatic carbocycles. The molecule has 1 saturated heterocycles. The van der Waals surface area contributed by atoms with Crippen molar-refractivity contribution >= 4 is 23.5 Å². The molecule has 3 aromatic rings. The fourth-order valence-electron chi connectivity index (χ4n) is 4.16. The number of carbonyl (C=O) groups excluding carboxylic acids is 3. The first-order chi connectivity index (χ1) is 17.4. The molecule has 1 aliphatic heterocycles. The topological polar surface area (TPSA) is 124 Å². The van der Waals surface area contributed by atoms with Gasteiger partial charge in [-0.1, -0.05) is 35.0 Å². The molecule has 10 heteroatoms. The molecule has 1 atom stereocenters. The summed E-state index contributed by atoms with van der Waals surface area (Å²) in [7, 11) is 2.49. The number of nitrogens with one attached hydrogen (secondary N) is 1. The zero-order valence-electron chi connectivity index (χ0n) is 20.4. The number of methoxy groups -OCH3 is 2. The van der Waals surface area contributed by atoms with Crippen LogP contribution in [0.1, 0.15) is 45.0 Å². The SMILES string of the molecule is COC(=O)c1cc(NC(=O)C2CCCN(Cc3nc(-c4ccc(C)cc4)no3)C2)cc(C(=O)OC)c1. The van der Waals surface area contributed by atoms with E-state index in [0.717, 1.165) is 24.1 Å². The lowest BCUT2D eigenvalue weighted by Gasteiger charge is -2.30. The second-order valence-electron chi connectivity index (χ2n) is 8.72. The highest BCUT2D eigenvalue weighted by Gasteiger charge is 2.27. The summed E-state index contributed by atoms with van der Waals surface area (Å²) in [6.07, 6.45) is 1.54. The van der Waals surface area contributed by atoms with E-state index < -0.39 is 11.9 Å². The van der Waals surface area contributed by atoms with Gasteiger partial charge >= 0.3 is 11.9 Å². The van der Waals surface area contributed by atoms with Crippen LogP contribution < -0.4 is 5.32 Å². The monoisotopic (exact) mass is 492 g/mol. The zero-order chi connectivity index (χ0) is 25.7. The normalized spacial score (nSPS) is 15.8. The van der Waals surface area contributed by atoms with Crippen molar-refractivity contribution < 1.29 is 28.4 Å². The van der Waals surface area contributed by atoms with E-state index in [4.69, 9.17) is 14.0 Å². The van der Waals surface area contributed by atoms with Gasteiger partial charge in [-0.05, 0) is 44.5 Å². The number of carbonyl (C=O) groups is 3. The van der Waals surface area contributed by atoms with E-state index >= 15 is 0 Å². The van der Waals surface area contributed by atoms with Gasteiger partial charge in [0.05, 0.1) is 37.8 Å². The molecule has 1 fully saturated rings. The Hall–Kier alpha value is -4.05. The summed E-state index contributed by atoms with van der Waals surface area (Å²) in [6.45, 7) is 3.76. The Morgan fingerprint density at radius 3 is 2.36 bits per heavy atom. The second-order valence-corrected chi connectivity index (χ2v) is 8.72. The standard InChI is InChI=1S/C26H28N4O6/c1-16-6-8-17(9-7-16)23-28-22(36-29-23)15-30-10-4-5-18(14-30)24(31)27-21-12-19(25(32)34-2)11-20(13-21)26(33)35-3/h6-9,11-13,18H,4-5,10,14-15H2,1-3H3,(H,27,31). The van der Waals surface area contributed by atoms with Crippen molar-refractivity contribution in [3.63, 3.8) is 0 Å². The van der Waals surface area contributed by atoms with E-state index in [1.807, 2.05) is 31.2 Å². The predicted molar refractivity (Wildman–Crippen MR) is 130 cm³/mol. The minimum atomic E-state index is -0.621. The van der Waals surface area contributed by atoms with Crippen LogP contribution >= 0.6 is 0 Å². The highest BCUT2D eigenvalue weighted by molar-refractivity contribution is 6.00. The summed E-state index contributed by atoms with van der Waals surface area (Å²) in [4.78, 5) is 43.7. The maximum atomic E-state index is 13.1. The van der Waals surface area contributed by atoms with Crippen molar-refractivity contribution in [2.24, 2.45) is 5.92 Å². The number of piperidine rings is 1. The van der Waals surface area contributed by atoms with Crippen molar-refractivity contribution in [1.82, 2.24) is 15.0 Å². The van der Waals surface area contributed by atoms with Gasteiger partial charge in [0, 0.05) is 17.8 Å². The number of benzene rings is 2. The van der Waals surface area contributed by atoms with Gasteiger partial charge in [0.2, 0.25) is 17.6 Å². The van der Waals surface area contributed by atoms with Crippen LogP contribution in [-0.2, 0) is 20.8 Å². The van der Waals surface area contributed by atoms with Crippen molar-refractivity contribution in [3.8, 4) is 11.4 Å². The Bertz CT molecular complexity index is 1220. The number of likely N-dealkylation sites (tertiary alicyclic amines) is 1. The number of hydrogen-bond acceptors (Lipinski definition) is 9. The van der Waals surface area contributed by atoms with Crippen LogP contribution in [-0.4, -0.2) is 60.2 Å². The molecule has 0 spiro atoms. The summed E-state index contributed by atoms with van der Waals surface area (Å²) in [5.74, 6) is -0.720. The van der Waals surface area contributed by atoms with Gasteiger partial charge in [-0.3, -0.25) is 9.69 Å². The molecule has 1 N–H and O–H groups in total. The van der Waals surface area contributed by atoms with E-state index in [0.29, 0.717) is 36.9 Å². The predicted octanol–water partition coefficient (Wildman–Crippen LogP) is 3.47. The van der Waals surface area contributed by atoms with E-state index in [9.17, 15) is 14.4 Å². The number of anilines is 1. The third-order valence-corrected chi connectivity index (χ3v) is 6.06. The molecule has 0 saturated carbocycles. The molecule has 1 aliphatic rings. The summed E-state index contributed by atoms with van der Waals surface area (Å²) in [5.41, 5.74) is 2.63. The van der Waals surface area contributed by atoms with Gasteiger partial charge in [0.1, 0.15) is 0 Å². The average Bonchev–Trinajstić information content (AvgIpc) is 3.36. The number of esters is 2. The molecule has 10 nitrogen and oxygen atoms in total. The molecule has 1 unspecified atom stereocenters. The summed E-state index contributed by atoms with van der Waals surface area (Å²) in [5, 5.41) is 6.92. The lowest BCUT2D eigenvalue weighted by Crippen LogP contribution is -2.40. The Morgan fingerprint density at radius 2 is 1.72 bits per heavy atom. The smallest absolute Gasteiger partial charge is 0.337 e. The van der Waals surface area contributed by atoms with E-state index in [1.165, 1.54) is 32.4 Å². The largest absolute Gasteiger partial charge is 0.465 e. The number of amides is 1. The van der Waals surface area contributed by atoms with Gasteiger partial charge in [0.25, 0.3) is 0 Å². The molecular weight excluding hydrogens is 464 g/mol. The van der Waals surface area contributed by atoms with Crippen LogP contribution in [0.4, 0.5) is 5.69 Å². The number of nitrogens with zero attached hydrogens (tertiary/aromatic N) is 3. The molecule has 1 amide bonds. The van der Waals surface area contributed by atoms with E-state index in [1.54, 1.807) is 0 Å². The lowest BCUT2D eigenvalue weighted by molar-refractivity contribution is -0.121. The summed E-state index contributed by atoms with van der Waals surface area (Å²) < 4.78 is 15.0. The molecule has 4 rings (SSSR count). The van der Waals surface area contributed by atoms with Crippen molar-refractivity contribution in [1.29, 1.82) is 0 Å². The Labute approximate surface area is 208 Å². The first-order valence-electron chi connectivity index (χ1n) is 11.6. The lowest BCUT2D eigenvalue weighted by atomic mass is 9.97. The Balaban J connectivity index is 1.41. The number of aromatic nitrogens is 2. The Morgan fingerprint density at radius 1 is 1.06 bits per heavy atom. The highest BCUT2D eigenvalue weighted by atomic mass is 16.5. The third-order valence-electron chi connectivity index (χ3n) is 6.06. The van der Waals surface area contributed by atoms with Crippen molar-refractivity contribution in [2.75, 3.05) is 32.6 Å². The maximum Gasteiger partial charge on any atom is 0.337 e. The molecule has 0 bridgehead atoms. The van der Waals surface area contributed by atoms with Crippen LogP contribution in [0, 0.1) is 12.8 Å². The van der Waals surface area contributed by atoms with Crippen LogP contribution in [0.2, 0.25) is 0 Å². The van der Waals surface area contributed by atoms with Crippen molar-refractivity contribution in [2.45, 2.75) is 26.3 Å². The highest BCUT2D eigenvalue weighted by Crippen LogP contribution is 2.23. The molecule has 2 aromatic carbocycles. The fourth-order valence-corrected chi connectivity index (χ4v) is 4.16. The quantitative estimate of drug-likeness (QED) is 0.494. The molecule has 1 aromatic heterocycles. The number of hydrogen-bond donors (Lipinski definition) is 1. The minimum Gasteiger partial charge on any atom is -0.465 e. The molecule has 2 heterocycles. The molecule has 36 heavy (non-hydrogen) atoms. The summed E-state index contributed by atoms with van der Waals surface area (Å²) in [6, 6.07) is 12.2. The summed E-state index contributed by atoms with van der Waals surface area (Å²) >= 11 is 0. The average molecular weight is 493 g/mol. The second kappa shape index (κ2) is 11.1. The van der Waals surface area contributed by atoms with Crippen molar-refractivity contribution in [3.05, 3.63) is 65.0 Å². The minimum absolute atomic E-state index is 0.141. The van der Waals surface area contributed by atoms with Gasteiger partial charge < -0.3 is 19.3 Å². The maximum absolute atomic E-state index is 13.1. The van der Waals surface area contributed by atoms with E-state index in [2.05, 4.69) is 20.4 Å². The van der Waals surface area contributed by atoms with Crippen LogP contribution in [0.15, 0.2) is 47.0 Å². The van der Waals surface area contributed by atoms with Crippen LogP contribution in [0.25, 0.3) is 11.4 Å². The number of ether oxygens (including phenoxy) is 2. The zero-order valence-corrected chi connectivity index (χ0v) is 20.4. The molecule has 188 valence electrons. The number of aryl methyl sites for hydroxylation is 1. The molecule has 0 radical (unpaired) electrons. The van der Waals surface area contributed by atoms with Gasteiger partial charge in [-0.25, -0.2) is 9.59 Å². The van der Waals surface area contributed by atoms with Crippen LogP contribution in [0.5, 0.6) is 0 Å². The van der Waals surface area contributed by atoms with E-state index in [-0.39, 0.29) is 23.0 Å². The molecular formula is C26H28N4O6. The third kappa shape index (κ3) is 5.95. The first-order valence-corrected chi connectivity index (χ1v) is 11.6. The van der Waals surface area contributed by atoms with Gasteiger partial charge in [-0.15, -0.1) is 0 Å². The Kier molecular flexibility index (Phi) is 7.74. The first kappa shape index (κ1) is 25.1. The number of rotatable bonds is 7. The van der Waals surface area contributed by atoms with Crippen LogP contribution in [0.3, 0.4) is 0 Å². The van der Waals surface area contributed by atoms with Gasteiger partial charge in [0.15, 0.2) is 0 Å². The van der Waals surface area contributed by atoms with Gasteiger partial charge in [-0.2, -0.15) is 4.98 Å². The fraction of sp³-hybridized carbons (Fsp3) is 0.346.